The van der Waals surface area contributed by atoms with Gasteiger partial charge in [-0.15, -0.1) is 0 Å². The lowest BCUT2D eigenvalue weighted by atomic mass is 10.2. The average molecular weight is 265 g/mol. The topological polar surface area (TPSA) is 77.2 Å². The molecule has 2 aromatic rings. The molecule has 2 rings (SSSR count). The molecular formula is C12H15N3O2S. The minimum absolute atomic E-state index is 0.483. The summed E-state index contributed by atoms with van der Waals surface area (Å²) in [7, 11) is 0. The Morgan fingerprint density at radius 2 is 2.17 bits per heavy atom. The standard InChI is InChI=1S/C12H15N3O2S/c1-12(2,3)17-11(16)14-10-8-6-7(13)4-5-9(8)18-15-10/h4-6H,13H2,1-3H3,(H,14,15,16). The maximum atomic E-state index is 11.7. The van der Waals surface area contributed by atoms with Crippen molar-refractivity contribution < 1.29 is 9.53 Å². The molecule has 0 saturated heterocycles. The Hall–Kier alpha value is -1.82. The molecule has 1 heterocycles. The highest BCUT2D eigenvalue weighted by Crippen LogP contribution is 2.28. The van der Waals surface area contributed by atoms with Gasteiger partial charge in [0.25, 0.3) is 0 Å². The van der Waals surface area contributed by atoms with Crippen molar-refractivity contribution in [2.24, 2.45) is 0 Å². The monoisotopic (exact) mass is 265 g/mol. The second-order valence-electron chi connectivity index (χ2n) is 4.91. The van der Waals surface area contributed by atoms with Crippen LogP contribution in [0.1, 0.15) is 20.8 Å². The largest absolute Gasteiger partial charge is 0.444 e. The highest BCUT2D eigenvalue weighted by molar-refractivity contribution is 7.13. The van der Waals surface area contributed by atoms with Crippen molar-refractivity contribution in [3.63, 3.8) is 0 Å². The van der Waals surface area contributed by atoms with E-state index in [1.54, 1.807) is 12.1 Å². The van der Waals surface area contributed by atoms with Gasteiger partial charge in [0.1, 0.15) is 5.60 Å². The first kappa shape index (κ1) is 12.6. The Morgan fingerprint density at radius 1 is 1.44 bits per heavy atom. The van der Waals surface area contributed by atoms with Crippen molar-refractivity contribution >= 4 is 39.2 Å². The number of ether oxygens (including phenoxy) is 1. The number of amides is 1. The van der Waals surface area contributed by atoms with Crippen LogP contribution in [0, 0.1) is 0 Å². The Kier molecular flexibility index (Phi) is 3.13. The third-order valence-electron chi connectivity index (χ3n) is 2.11. The molecule has 0 aliphatic rings. The van der Waals surface area contributed by atoms with Gasteiger partial charge in [0.05, 0.1) is 4.70 Å². The fourth-order valence-electron chi connectivity index (χ4n) is 1.45. The maximum absolute atomic E-state index is 11.7. The first-order valence-electron chi connectivity index (χ1n) is 5.50. The van der Waals surface area contributed by atoms with Crippen molar-refractivity contribution in [2.45, 2.75) is 26.4 Å². The summed E-state index contributed by atoms with van der Waals surface area (Å²) in [5, 5.41) is 3.46. The summed E-state index contributed by atoms with van der Waals surface area (Å²) in [6.45, 7) is 5.43. The first-order valence-corrected chi connectivity index (χ1v) is 6.27. The molecule has 3 N–H and O–H groups in total. The van der Waals surface area contributed by atoms with Crippen LogP contribution in [0.2, 0.25) is 0 Å². The fraction of sp³-hybridized carbons (Fsp3) is 0.333. The number of anilines is 2. The number of rotatable bonds is 1. The van der Waals surface area contributed by atoms with Crippen molar-refractivity contribution in [3.05, 3.63) is 18.2 Å². The smallest absolute Gasteiger partial charge is 0.413 e. The number of hydrogen-bond acceptors (Lipinski definition) is 5. The van der Waals surface area contributed by atoms with Gasteiger partial charge in [0.15, 0.2) is 5.82 Å². The summed E-state index contributed by atoms with van der Waals surface area (Å²) < 4.78 is 10.3. The van der Waals surface area contributed by atoms with Gasteiger partial charge in [0.2, 0.25) is 0 Å². The molecule has 0 unspecified atom stereocenters. The number of nitrogen functional groups attached to an aromatic ring is 1. The molecule has 0 aliphatic heterocycles. The number of fused-ring (bicyclic) bond motifs is 1. The maximum Gasteiger partial charge on any atom is 0.413 e. The first-order chi connectivity index (χ1) is 8.35. The molecule has 0 spiro atoms. The Balaban J connectivity index is 2.22. The molecule has 96 valence electrons. The molecule has 18 heavy (non-hydrogen) atoms. The zero-order valence-corrected chi connectivity index (χ0v) is 11.3. The van der Waals surface area contributed by atoms with E-state index in [1.165, 1.54) is 11.5 Å². The van der Waals surface area contributed by atoms with Crippen molar-refractivity contribution in [2.75, 3.05) is 11.1 Å². The summed E-state index contributed by atoms with van der Waals surface area (Å²) in [6.07, 6.45) is -0.517. The number of nitrogens with zero attached hydrogens (tertiary/aromatic N) is 1. The van der Waals surface area contributed by atoms with E-state index < -0.39 is 11.7 Å². The molecule has 0 saturated carbocycles. The second kappa shape index (κ2) is 4.45. The van der Waals surface area contributed by atoms with Gasteiger partial charge in [-0.05, 0) is 50.5 Å². The fourth-order valence-corrected chi connectivity index (χ4v) is 2.16. The van der Waals surface area contributed by atoms with Crippen molar-refractivity contribution in [3.8, 4) is 0 Å². The van der Waals surface area contributed by atoms with E-state index in [-0.39, 0.29) is 0 Å². The van der Waals surface area contributed by atoms with E-state index in [4.69, 9.17) is 10.5 Å². The van der Waals surface area contributed by atoms with E-state index in [2.05, 4.69) is 9.69 Å². The van der Waals surface area contributed by atoms with Gasteiger partial charge in [-0.2, -0.15) is 4.37 Å². The van der Waals surface area contributed by atoms with E-state index in [0.717, 1.165) is 10.1 Å². The van der Waals surface area contributed by atoms with E-state index in [0.29, 0.717) is 11.5 Å². The minimum Gasteiger partial charge on any atom is -0.444 e. The van der Waals surface area contributed by atoms with Crippen molar-refractivity contribution in [1.82, 2.24) is 4.37 Å². The molecular weight excluding hydrogens is 250 g/mol. The molecule has 0 bridgehead atoms. The Bertz CT molecular complexity index is 587. The van der Waals surface area contributed by atoms with Gasteiger partial charge in [-0.3, -0.25) is 5.32 Å². The van der Waals surface area contributed by atoms with Crippen LogP contribution in [0.5, 0.6) is 0 Å². The van der Waals surface area contributed by atoms with Crippen molar-refractivity contribution in [1.29, 1.82) is 0 Å². The third-order valence-corrected chi connectivity index (χ3v) is 2.94. The zero-order valence-electron chi connectivity index (χ0n) is 10.5. The summed E-state index contributed by atoms with van der Waals surface area (Å²) in [4.78, 5) is 11.7. The Labute approximate surface area is 109 Å². The highest BCUT2D eigenvalue weighted by Gasteiger charge is 2.18. The number of benzene rings is 1. The molecule has 0 fully saturated rings. The van der Waals surface area contributed by atoms with Crippen LogP contribution in [-0.2, 0) is 4.74 Å². The van der Waals surface area contributed by atoms with Crippen LogP contribution >= 0.6 is 11.5 Å². The lowest BCUT2D eigenvalue weighted by Crippen LogP contribution is -2.27. The van der Waals surface area contributed by atoms with Crippen LogP contribution in [0.4, 0.5) is 16.3 Å². The van der Waals surface area contributed by atoms with Gasteiger partial charge < -0.3 is 10.5 Å². The quantitative estimate of drug-likeness (QED) is 0.776. The molecule has 0 atom stereocenters. The van der Waals surface area contributed by atoms with Crippen LogP contribution in [0.3, 0.4) is 0 Å². The zero-order chi connectivity index (χ0) is 13.3. The van der Waals surface area contributed by atoms with Crippen LogP contribution in [0.15, 0.2) is 18.2 Å². The lowest BCUT2D eigenvalue weighted by Gasteiger charge is -2.19. The summed E-state index contributed by atoms with van der Waals surface area (Å²) in [5.74, 6) is 0.483. The van der Waals surface area contributed by atoms with Gasteiger partial charge in [-0.1, -0.05) is 0 Å². The van der Waals surface area contributed by atoms with Crippen LogP contribution in [-0.4, -0.2) is 16.1 Å². The number of nitrogens with one attached hydrogen (secondary N) is 1. The SMILES string of the molecule is CC(C)(C)OC(=O)Nc1nsc2ccc(N)cc12. The molecule has 1 aromatic heterocycles. The van der Waals surface area contributed by atoms with E-state index in [1.807, 2.05) is 26.8 Å². The molecule has 5 nitrogen and oxygen atoms in total. The molecule has 6 heteroatoms. The predicted molar refractivity (Wildman–Crippen MR) is 73.9 cm³/mol. The summed E-state index contributed by atoms with van der Waals surface area (Å²) in [5.41, 5.74) is 5.82. The van der Waals surface area contributed by atoms with Crippen LogP contribution < -0.4 is 11.1 Å². The molecule has 0 radical (unpaired) electrons. The number of carbonyl (C=O) groups excluding carboxylic acids is 1. The Morgan fingerprint density at radius 3 is 2.83 bits per heavy atom. The minimum atomic E-state index is -0.533. The lowest BCUT2D eigenvalue weighted by molar-refractivity contribution is 0.0635. The second-order valence-corrected chi connectivity index (χ2v) is 5.72. The van der Waals surface area contributed by atoms with Gasteiger partial charge in [0, 0.05) is 11.1 Å². The number of nitrogens with two attached hydrogens (primary N) is 1. The van der Waals surface area contributed by atoms with Gasteiger partial charge >= 0.3 is 6.09 Å². The number of carbonyl (C=O) groups is 1. The van der Waals surface area contributed by atoms with E-state index in [9.17, 15) is 4.79 Å². The third kappa shape index (κ3) is 2.89. The normalized spacial score (nSPS) is 11.5. The van der Waals surface area contributed by atoms with Gasteiger partial charge in [-0.25, -0.2) is 4.79 Å². The van der Waals surface area contributed by atoms with E-state index >= 15 is 0 Å². The summed E-state index contributed by atoms with van der Waals surface area (Å²) in [6, 6.07) is 5.46. The van der Waals surface area contributed by atoms with Crippen LogP contribution in [0.25, 0.3) is 10.1 Å². The average Bonchev–Trinajstić information content (AvgIpc) is 2.58. The number of hydrogen-bond donors (Lipinski definition) is 2. The molecule has 0 aliphatic carbocycles. The summed E-state index contributed by atoms with van der Waals surface area (Å²) >= 11 is 1.31. The highest BCUT2D eigenvalue weighted by atomic mass is 32.1. The number of aromatic nitrogens is 1. The molecule has 1 aromatic carbocycles. The molecule has 1 amide bonds. The predicted octanol–water partition coefficient (Wildman–Crippen LogP) is 3.23.